The van der Waals surface area contributed by atoms with Gasteiger partial charge in [-0.2, -0.15) is 5.10 Å². The molecule has 2 rings (SSSR count). The Kier molecular flexibility index (Phi) is 5.00. The molecule has 0 radical (unpaired) electrons. The fourth-order valence-electron chi connectivity index (χ4n) is 1.70. The SMILES string of the molecule is COc1cc(Br)c(O)c(/C=N\NC(=O)c2ccccc2O)c1. The summed E-state index contributed by atoms with van der Waals surface area (Å²) in [5.41, 5.74) is 2.75. The quantitative estimate of drug-likeness (QED) is 0.574. The van der Waals surface area contributed by atoms with Crippen LogP contribution in [0.15, 0.2) is 46.0 Å². The van der Waals surface area contributed by atoms with Crippen molar-refractivity contribution in [3.05, 3.63) is 52.0 Å². The van der Waals surface area contributed by atoms with Crippen molar-refractivity contribution in [1.82, 2.24) is 5.43 Å². The van der Waals surface area contributed by atoms with E-state index in [1.54, 1.807) is 24.3 Å². The lowest BCUT2D eigenvalue weighted by molar-refractivity contribution is 0.0952. The number of nitrogens with one attached hydrogen (secondary N) is 1. The molecule has 0 aliphatic rings. The van der Waals surface area contributed by atoms with Crippen LogP contribution < -0.4 is 10.2 Å². The Morgan fingerprint density at radius 1 is 1.32 bits per heavy atom. The fourth-order valence-corrected chi connectivity index (χ4v) is 2.15. The summed E-state index contributed by atoms with van der Waals surface area (Å²) in [6, 6.07) is 9.29. The fraction of sp³-hybridized carbons (Fsp3) is 0.0667. The number of para-hydroxylation sites is 1. The first kappa shape index (κ1) is 15.8. The van der Waals surface area contributed by atoms with Crippen molar-refractivity contribution in [2.45, 2.75) is 0 Å². The molecule has 2 aromatic carbocycles. The molecular formula is C15H13BrN2O4. The molecule has 0 aliphatic carbocycles. The molecule has 0 aliphatic heterocycles. The largest absolute Gasteiger partial charge is 0.507 e. The number of hydrazone groups is 1. The number of hydrogen-bond acceptors (Lipinski definition) is 5. The van der Waals surface area contributed by atoms with E-state index in [-0.39, 0.29) is 17.1 Å². The van der Waals surface area contributed by atoms with Gasteiger partial charge in [0.05, 0.1) is 23.4 Å². The number of phenolic OH excluding ortho intramolecular Hbond substituents is 2. The van der Waals surface area contributed by atoms with Gasteiger partial charge in [-0.05, 0) is 40.2 Å². The maximum absolute atomic E-state index is 11.8. The van der Waals surface area contributed by atoms with E-state index in [4.69, 9.17) is 4.74 Å². The van der Waals surface area contributed by atoms with Crippen LogP contribution >= 0.6 is 15.9 Å². The van der Waals surface area contributed by atoms with Crippen LogP contribution in [0.2, 0.25) is 0 Å². The van der Waals surface area contributed by atoms with Crippen molar-refractivity contribution < 1.29 is 19.7 Å². The normalized spacial score (nSPS) is 10.6. The maximum Gasteiger partial charge on any atom is 0.275 e. The zero-order valence-electron chi connectivity index (χ0n) is 11.6. The number of nitrogens with zero attached hydrogens (tertiary/aromatic N) is 1. The predicted octanol–water partition coefficient (Wildman–Crippen LogP) is 2.63. The summed E-state index contributed by atoms with van der Waals surface area (Å²) < 4.78 is 5.52. The second kappa shape index (κ2) is 6.95. The number of phenols is 2. The number of ether oxygens (including phenoxy) is 1. The molecule has 0 fully saturated rings. The lowest BCUT2D eigenvalue weighted by Gasteiger charge is -2.06. The van der Waals surface area contributed by atoms with Gasteiger partial charge in [0.2, 0.25) is 0 Å². The Morgan fingerprint density at radius 2 is 2.05 bits per heavy atom. The van der Waals surface area contributed by atoms with Gasteiger partial charge in [0, 0.05) is 5.56 Å². The number of methoxy groups -OCH3 is 1. The summed E-state index contributed by atoms with van der Waals surface area (Å²) in [7, 11) is 1.50. The van der Waals surface area contributed by atoms with Gasteiger partial charge in [-0.3, -0.25) is 4.79 Å². The molecular weight excluding hydrogens is 352 g/mol. The molecule has 6 nitrogen and oxygen atoms in total. The van der Waals surface area contributed by atoms with Crippen LogP contribution in [-0.4, -0.2) is 29.4 Å². The lowest BCUT2D eigenvalue weighted by Crippen LogP contribution is -2.17. The van der Waals surface area contributed by atoms with Gasteiger partial charge in [-0.15, -0.1) is 0 Å². The van der Waals surface area contributed by atoms with Gasteiger partial charge < -0.3 is 14.9 Å². The van der Waals surface area contributed by atoms with E-state index in [1.165, 1.54) is 25.5 Å². The summed E-state index contributed by atoms with van der Waals surface area (Å²) in [4.78, 5) is 11.8. The minimum absolute atomic E-state index is 0.0265. The summed E-state index contributed by atoms with van der Waals surface area (Å²) in [6.45, 7) is 0. The predicted molar refractivity (Wildman–Crippen MR) is 85.5 cm³/mol. The van der Waals surface area contributed by atoms with Crippen LogP contribution in [-0.2, 0) is 0 Å². The molecule has 0 heterocycles. The van der Waals surface area contributed by atoms with Gasteiger partial charge in [-0.1, -0.05) is 12.1 Å². The van der Waals surface area contributed by atoms with Crippen molar-refractivity contribution >= 4 is 28.1 Å². The monoisotopic (exact) mass is 364 g/mol. The highest BCUT2D eigenvalue weighted by Crippen LogP contribution is 2.31. The topological polar surface area (TPSA) is 91.2 Å². The summed E-state index contributed by atoms with van der Waals surface area (Å²) in [5, 5.41) is 23.2. The van der Waals surface area contributed by atoms with Gasteiger partial charge in [-0.25, -0.2) is 5.43 Å². The van der Waals surface area contributed by atoms with E-state index in [1.807, 2.05) is 0 Å². The van der Waals surface area contributed by atoms with Crippen molar-refractivity contribution in [3.63, 3.8) is 0 Å². The van der Waals surface area contributed by atoms with Crippen LogP contribution in [0.25, 0.3) is 0 Å². The third-order valence-corrected chi connectivity index (χ3v) is 3.42. The van der Waals surface area contributed by atoms with Crippen molar-refractivity contribution in [2.24, 2.45) is 5.10 Å². The number of hydrogen-bond donors (Lipinski definition) is 3. The van der Waals surface area contributed by atoms with E-state index < -0.39 is 5.91 Å². The lowest BCUT2D eigenvalue weighted by atomic mass is 10.2. The smallest absolute Gasteiger partial charge is 0.275 e. The number of benzene rings is 2. The summed E-state index contributed by atoms with van der Waals surface area (Å²) >= 11 is 3.19. The number of aromatic hydroxyl groups is 2. The molecule has 3 N–H and O–H groups in total. The maximum atomic E-state index is 11.8. The van der Waals surface area contributed by atoms with Crippen LogP contribution in [0.3, 0.4) is 0 Å². The number of rotatable bonds is 4. The Labute approximate surface area is 135 Å². The number of carbonyl (C=O) groups is 1. The highest BCUT2D eigenvalue weighted by atomic mass is 79.9. The highest BCUT2D eigenvalue weighted by molar-refractivity contribution is 9.10. The molecule has 7 heteroatoms. The van der Waals surface area contributed by atoms with E-state index in [2.05, 4.69) is 26.5 Å². The molecule has 114 valence electrons. The van der Waals surface area contributed by atoms with Crippen LogP contribution in [0, 0.1) is 0 Å². The number of halogens is 1. The molecule has 0 bridgehead atoms. The standard InChI is InChI=1S/C15H13BrN2O4/c1-22-10-6-9(14(20)12(16)7-10)8-17-18-15(21)11-4-2-3-5-13(11)19/h2-8,19-20H,1H3,(H,18,21)/b17-8-. The van der Waals surface area contributed by atoms with Crippen molar-refractivity contribution in [2.75, 3.05) is 7.11 Å². The van der Waals surface area contributed by atoms with E-state index in [0.717, 1.165) is 0 Å². The molecule has 22 heavy (non-hydrogen) atoms. The molecule has 0 atom stereocenters. The van der Waals surface area contributed by atoms with E-state index >= 15 is 0 Å². The molecule has 0 unspecified atom stereocenters. The zero-order chi connectivity index (χ0) is 16.1. The first-order valence-electron chi connectivity index (χ1n) is 6.21. The second-order valence-corrected chi connectivity index (χ2v) is 5.12. The van der Waals surface area contributed by atoms with Crippen molar-refractivity contribution in [3.8, 4) is 17.2 Å². The Bertz CT molecular complexity index is 731. The molecule has 0 saturated carbocycles. The third-order valence-electron chi connectivity index (χ3n) is 2.82. The van der Waals surface area contributed by atoms with Gasteiger partial charge in [0.15, 0.2) is 0 Å². The third kappa shape index (κ3) is 3.56. The van der Waals surface area contributed by atoms with Crippen LogP contribution in [0.5, 0.6) is 17.2 Å². The molecule has 0 aromatic heterocycles. The second-order valence-electron chi connectivity index (χ2n) is 4.26. The molecule has 2 aromatic rings. The number of amides is 1. The van der Waals surface area contributed by atoms with Crippen LogP contribution in [0.4, 0.5) is 0 Å². The van der Waals surface area contributed by atoms with Crippen LogP contribution in [0.1, 0.15) is 15.9 Å². The minimum atomic E-state index is -0.559. The van der Waals surface area contributed by atoms with Crippen molar-refractivity contribution in [1.29, 1.82) is 0 Å². The molecule has 0 saturated heterocycles. The summed E-state index contributed by atoms with van der Waals surface area (Å²) in [5.74, 6) is -0.197. The molecule has 0 spiro atoms. The summed E-state index contributed by atoms with van der Waals surface area (Å²) in [6.07, 6.45) is 1.28. The van der Waals surface area contributed by atoms with Gasteiger partial charge >= 0.3 is 0 Å². The number of carbonyl (C=O) groups excluding carboxylic acids is 1. The van der Waals surface area contributed by atoms with E-state index in [0.29, 0.717) is 15.8 Å². The Balaban J connectivity index is 2.15. The minimum Gasteiger partial charge on any atom is -0.507 e. The first-order chi connectivity index (χ1) is 10.5. The first-order valence-corrected chi connectivity index (χ1v) is 7.00. The molecule has 1 amide bonds. The van der Waals surface area contributed by atoms with Gasteiger partial charge in [0.1, 0.15) is 17.2 Å². The van der Waals surface area contributed by atoms with Gasteiger partial charge in [0.25, 0.3) is 5.91 Å². The Hall–Kier alpha value is -2.54. The van der Waals surface area contributed by atoms with E-state index in [9.17, 15) is 15.0 Å². The average molecular weight is 365 g/mol. The zero-order valence-corrected chi connectivity index (χ0v) is 13.2. The average Bonchev–Trinajstić information content (AvgIpc) is 2.51. The highest BCUT2D eigenvalue weighted by Gasteiger charge is 2.10. The Morgan fingerprint density at radius 3 is 2.73 bits per heavy atom.